The van der Waals surface area contributed by atoms with E-state index in [1.54, 1.807) is 0 Å². The highest BCUT2D eigenvalue weighted by Gasteiger charge is 2.30. The van der Waals surface area contributed by atoms with Crippen LogP contribution in [0.1, 0.15) is 18.5 Å². The van der Waals surface area contributed by atoms with Crippen LogP contribution in [0.25, 0.3) is 0 Å². The van der Waals surface area contributed by atoms with E-state index < -0.39 is 6.36 Å². The molecule has 0 saturated carbocycles. The second-order valence-corrected chi connectivity index (χ2v) is 6.20. The Labute approximate surface area is 159 Å². The van der Waals surface area contributed by atoms with E-state index in [1.165, 1.54) is 24.3 Å². The van der Waals surface area contributed by atoms with Crippen molar-refractivity contribution in [2.45, 2.75) is 19.3 Å². The standard InChI is InChI=1S/C18H17F3N2O3S/c1-11(12-2-7-15-16(10-12)25-9-8-24-15)22-17(27)23-13-3-5-14(6-4-13)26-18(19,20)21/h2-7,10-11H,8-9H2,1H3,(H2,22,23,27)/t11-/m1/s1. The van der Waals surface area contributed by atoms with Crippen LogP contribution in [0.3, 0.4) is 0 Å². The van der Waals surface area contributed by atoms with Gasteiger partial charge in [0.2, 0.25) is 0 Å². The number of rotatable bonds is 4. The summed E-state index contributed by atoms with van der Waals surface area (Å²) in [7, 11) is 0. The predicted octanol–water partition coefficient (Wildman–Crippen LogP) is 4.40. The smallest absolute Gasteiger partial charge is 0.486 e. The van der Waals surface area contributed by atoms with Crippen LogP contribution in [0.5, 0.6) is 17.2 Å². The molecule has 0 aliphatic carbocycles. The van der Waals surface area contributed by atoms with Gasteiger partial charge in [-0.2, -0.15) is 0 Å². The van der Waals surface area contributed by atoms with Gasteiger partial charge in [-0.1, -0.05) is 6.07 Å². The SMILES string of the molecule is C[C@@H](NC(=S)Nc1ccc(OC(F)(F)F)cc1)c1ccc2c(c1)OCCO2. The van der Waals surface area contributed by atoms with Crippen LogP contribution in [0.15, 0.2) is 42.5 Å². The molecule has 0 fully saturated rings. The minimum absolute atomic E-state index is 0.117. The third-order valence-corrected chi connectivity index (χ3v) is 3.98. The molecule has 0 spiro atoms. The van der Waals surface area contributed by atoms with Crippen molar-refractivity contribution in [1.29, 1.82) is 0 Å². The molecule has 0 amide bonds. The summed E-state index contributed by atoms with van der Waals surface area (Å²) in [5, 5.41) is 6.37. The Kier molecular flexibility index (Phi) is 5.59. The van der Waals surface area contributed by atoms with Gasteiger partial charge >= 0.3 is 6.36 Å². The number of benzene rings is 2. The van der Waals surface area contributed by atoms with Crippen molar-refractivity contribution < 1.29 is 27.4 Å². The van der Waals surface area contributed by atoms with Gasteiger partial charge in [-0.15, -0.1) is 13.2 Å². The lowest BCUT2D eigenvalue weighted by Crippen LogP contribution is -2.31. The summed E-state index contributed by atoms with van der Waals surface area (Å²) in [5.41, 5.74) is 1.49. The van der Waals surface area contributed by atoms with Crippen molar-refractivity contribution >= 4 is 23.0 Å². The van der Waals surface area contributed by atoms with Crippen molar-refractivity contribution in [3.05, 3.63) is 48.0 Å². The molecular formula is C18H17F3N2O3S. The van der Waals surface area contributed by atoms with E-state index in [4.69, 9.17) is 21.7 Å². The first kappa shape index (κ1) is 19.1. The highest BCUT2D eigenvalue weighted by Crippen LogP contribution is 2.32. The summed E-state index contributed by atoms with van der Waals surface area (Å²) >= 11 is 5.26. The van der Waals surface area contributed by atoms with Gasteiger partial charge in [-0.05, 0) is 61.1 Å². The normalized spacial score (nSPS) is 14.2. The molecule has 3 rings (SSSR count). The highest BCUT2D eigenvalue weighted by molar-refractivity contribution is 7.80. The average molecular weight is 398 g/mol. The molecule has 0 radical (unpaired) electrons. The number of thiocarbonyl (C=S) groups is 1. The second-order valence-electron chi connectivity index (χ2n) is 5.80. The zero-order chi connectivity index (χ0) is 19.4. The number of ether oxygens (including phenoxy) is 3. The minimum atomic E-state index is -4.72. The van der Waals surface area contributed by atoms with Crippen LogP contribution in [-0.2, 0) is 0 Å². The quantitative estimate of drug-likeness (QED) is 0.745. The molecule has 0 saturated heterocycles. The van der Waals surface area contributed by atoms with E-state index in [2.05, 4.69) is 15.4 Å². The van der Waals surface area contributed by atoms with E-state index in [9.17, 15) is 13.2 Å². The first-order valence-electron chi connectivity index (χ1n) is 8.13. The number of hydrogen-bond acceptors (Lipinski definition) is 4. The van der Waals surface area contributed by atoms with Gasteiger partial charge in [0.05, 0.1) is 6.04 Å². The van der Waals surface area contributed by atoms with Crippen LogP contribution in [0.2, 0.25) is 0 Å². The van der Waals surface area contributed by atoms with Crippen molar-refractivity contribution in [2.24, 2.45) is 0 Å². The van der Waals surface area contributed by atoms with Crippen LogP contribution in [-0.4, -0.2) is 24.7 Å². The van der Waals surface area contributed by atoms with Gasteiger partial charge in [-0.3, -0.25) is 0 Å². The van der Waals surface area contributed by atoms with Crippen molar-refractivity contribution in [1.82, 2.24) is 5.32 Å². The van der Waals surface area contributed by atoms with Gasteiger partial charge in [-0.25, -0.2) is 0 Å². The predicted molar refractivity (Wildman–Crippen MR) is 98.3 cm³/mol. The van der Waals surface area contributed by atoms with Gasteiger partial charge in [0.15, 0.2) is 16.6 Å². The average Bonchev–Trinajstić information content (AvgIpc) is 2.61. The Morgan fingerprint density at radius 3 is 2.41 bits per heavy atom. The zero-order valence-electron chi connectivity index (χ0n) is 14.3. The van der Waals surface area contributed by atoms with Crippen LogP contribution < -0.4 is 24.8 Å². The van der Waals surface area contributed by atoms with Crippen molar-refractivity contribution in [3.8, 4) is 17.2 Å². The molecule has 2 aromatic carbocycles. The number of alkyl halides is 3. The Morgan fingerprint density at radius 1 is 1.07 bits per heavy atom. The lowest BCUT2D eigenvalue weighted by molar-refractivity contribution is -0.274. The number of nitrogens with one attached hydrogen (secondary N) is 2. The zero-order valence-corrected chi connectivity index (χ0v) is 15.1. The van der Waals surface area contributed by atoms with Crippen molar-refractivity contribution in [3.63, 3.8) is 0 Å². The first-order chi connectivity index (χ1) is 12.8. The maximum absolute atomic E-state index is 12.2. The van der Waals surface area contributed by atoms with E-state index in [0.29, 0.717) is 35.5 Å². The molecule has 0 aromatic heterocycles. The second kappa shape index (κ2) is 7.91. The molecule has 1 atom stereocenters. The lowest BCUT2D eigenvalue weighted by Gasteiger charge is -2.22. The van der Waals surface area contributed by atoms with E-state index >= 15 is 0 Å². The van der Waals surface area contributed by atoms with E-state index in [0.717, 1.165) is 5.56 Å². The molecule has 1 aliphatic rings. The maximum atomic E-state index is 12.2. The molecule has 0 bridgehead atoms. The molecular weight excluding hydrogens is 381 g/mol. The van der Waals surface area contributed by atoms with Crippen LogP contribution in [0.4, 0.5) is 18.9 Å². The fraction of sp³-hybridized carbons (Fsp3) is 0.278. The molecule has 5 nitrogen and oxygen atoms in total. The number of anilines is 1. The lowest BCUT2D eigenvalue weighted by atomic mass is 10.1. The Hall–Kier alpha value is -2.68. The summed E-state index contributed by atoms with van der Waals surface area (Å²) in [6.45, 7) is 2.97. The molecule has 2 aromatic rings. The molecule has 1 heterocycles. The van der Waals surface area contributed by atoms with Gasteiger partial charge in [0.25, 0.3) is 0 Å². The number of hydrogen-bond donors (Lipinski definition) is 2. The van der Waals surface area contributed by atoms with Gasteiger partial charge in [0, 0.05) is 5.69 Å². The summed E-state index contributed by atoms with van der Waals surface area (Å²) < 4.78 is 51.4. The highest BCUT2D eigenvalue weighted by atomic mass is 32.1. The Bertz CT molecular complexity index is 812. The summed E-state index contributed by atoms with van der Waals surface area (Å²) in [5.74, 6) is 1.10. The van der Waals surface area contributed by atoms with Crippen LogP contribution in [0, 0.1) is 0 Å². The summed E-state index contributed by atoms with van der Waals surface area (Å²) in [6, 6.07) is 10.8. The third kappa shape index (κ3) is 5.40. The van der Waals surface area contributed by atoms with Crippen LogP contribution >= 0.6 is 12.2 Å². The fourth-order valence-corrected chi connectivity index (χ4v) is 2.81. The molecule has 9 heteroatoms. The van der Waals surface area contributed by atoms with Gasteiger partial charge < -0.3 is 24.8 Å². The molecule has 27 heavy (non-hydrogen) atoms. The monoisotopic (exact) mass is 398 g/mol. The Balaban J connectivity index is 1.57. The van der Waals surface area contributed by atoms with E-state index in [-0.39, 0.29) is 11.8 Å². The number of fused-ring (bicyclic) bond motifs is 1. The fourth-order valence-electron chi connectivity index (χ4n) is 2.52. The van der Waals surface area contributed by atoms with E-state index in [1.807, 2.05) is 25.1 Å². The van der Waals surface area contributed by atoms with Crippen molar-refractivity contribution in [2.75, 3.05) is 18.5 Å². The number of halogens is 3. The third-order valence-electron chi connectivity index (χ3n) is 3.76. The largest absolute Gasteiger partial charge is 0.573 e. The molecule has 144 valence electrons. The molecule has 1 aliphatic heterocycles. The van der Waals surface area contributed by atoms with Gasteiger partial charge in [0.1, 0.15) is 19.0 Å². The summed E-state index contributed by atoms with van der Waals surface area (Å²) in [6.07, 6.45) is -4.72. The molecule has 2 N–H and O–H groups in total. The first-order valence-corrected chi connectivity index (χ1v) is 8.54. The summed E-state index contributed by atoms with van der Waals surface area (Å²) in [4.78, 5) is 0. The maximum Gasteiger partial charge on any atom is 0.573 e. The Morgan fingerprint density at radius 2 is 1.74 bits per heavy atom. The molecule has 0 unspecified atom stereocenters. The minimum Gasteiger partial charge on any atom is -0.486 e. The topological polar surface area (TPSA) is 51.8 Å².